The Hall–Kier alpha value is -4.32. The van der Waals surface area contributed by atoms with Crippen LogP contribution in [0.5, 0.6) is 11.5 Å². The summed E-state index contributed by atoms with van der Waals surface area (Å²) in [7, 11) is 3.38. The van der Waals surface area contributed by atoms with Crippen LogP contribution in [0.15, 0.2) is 133 Å². The van der Waals surface area contributed by atoms with E-state index in [2.05, 4.69) is 36.4 Å². The molecule has 0 saturated heterocycles. The van der Waals surface area contributed by atoms with Crippen molar-refractivity contribution < 1.29 is 18.9 Å². The Morgan fingerprint density at radius 3 is 1.24 bits per heavy atom. The van der Waals surface area contributed by atoms with Gasteiger partial charge in [0.2, 0.25) is 0 Å². The fourth-order valence-corrected chi connectivity index (χ4v) is 7.13. The van der Waals surface area contributed by atoms with Gasteiger partial charge in [-0.25, -0.2) is 0 Å². The van der Waals surface area contributed by atoms with Crippen LogP contribution in [0.25, 0.3) is 10.8 Å². The molecule has 0 bridgehead atoms. The van der Waals surface area contributed by atoms with Crippen LogP contribution in [-0.4, -0.2) is 14.2 Å². The van der Waals surface area contributed by atoms with Crippen molar-refractivity contribution in [3.63, 3.8) is 0 Å². The minimum Gasteiger partial charge on any atom is -0.496 e. The van der Waals surface area contributed by atoms with Crippen molar-refractivity contribution >= 4 is 34.0 Å². The van der Waals surface area contributed by atoms with Gasteiger partial charge < -0.3 is 18.9 Å². The second-order valence-electron chi connectivity index (χ2n) is 11.3. The van der Waals surface area contributed by atoms with Crippen LogP contribution in [0.1, 0.15) is 33.4 Å². The fraction of sp³-hybridized carbons (Fsp3) is 0.150. The normalized spacial score (nSPS) is 18.5. The topological polar surface area (TPSA) is 36.9 Å². The van der Waals surface area contributed by atoms with Crippen LogP contribution in [-0.2, 0) is 33.9 Å². The fourth-order valence-electron chi connectivity index (χ4n) is 6.88. The van der Waals surface area contributed by atoms with E-state index in [1.807, 2.05) is 97.1 Å². The Kier molecular flexibility index (Phi) is 8.22. The molecule has 1 aliphatic carbocycles. The monoisotopic (exact) mass is 646 g/mol. The first-order valence-corrected chi connectivity index (χ1v) is 15.8. The summed E-state index contributed by atoms with van der Waals surface area (Å²) in [6.45, 7) is 0.562. The number of hydrogen-bond donors (Lipinski definition) is 0. The third kappa shape index (κ3) is 4.85. The number of methoxy groups -OCH3 is 2. The molecule has 4 nitrogen and oxygen atoms in total. The Bertz CT molecular complexity index is 1840. The van der Waals surface area contributed by atoms with Gasteiger partial charge >= 0.3 is 0 Å². The molecule has 0 N–H and O–H groups in total. The zero-order valence-corrected chi connectivity index (χ0v) is 27.0. The molecule has 0 fully saturated rings. The van der Waals surface area contributed by atoms with Gasteiger partial charge in [0.05, 0.1) is 27.4 Å². The maximum absolute atomic E-state index is 7.47. The van der Waals surface area contributed by atoms with E-state index in [0.29, 0.717) is 21.5 Å². The van der Waals surface area contributed by atoms with E-state index >= 15 is 0 Å². The van der Waals surface area contributed by atoms with Gasteiger partial charge in [-0.15, -0.1) is 0 Å². The molecular weight excluding hydrogens is 615 g/mol. The molecule has 46 heavy (non-hydrogen) atoms. The predicted octanol–water partition coefficient (Wildman–Crippen LogP) is 10.1. The number of hydrogen-bond acceptors (Lipinski definition) is 4. The second kappa shape index (κ2) is 12.5. The van der Waals surface area contributed by atoms with E-state index in [4.69, 9.17) is 42.1 Å². The Balaban J connectivity index is 1.65. The second-order valence-corrected chi connectivity index (χ2v) is 12.2. The van der Waals surface area contributed by atoms with Gasteiger partial charge in [-0.2, -0.15) is 0 Å². The van der Waals surface area contributed by atoms with Crippen molar-refractivity contribution in [3.05, 3.63) is 177 Å². The van der Waals surface area contributed by atoms with E-state index in [0.717, 1.165) is 44.2 Å². The molecular formula is C40H32Cl2O4. The van der Waals surface area contributed by atoms with E-state index in [-0.39, 0.29) is 13.2 Å². The standard InChI is InChI=1S/C40H32Cl2O4/c1-43-34-23-13-29-14-24-35(44-2)38-36(29)37(34)39(30-15-19-32(41)20-16-30,45-25-27-9-5-3-6-10-27)40(38,31-17-21-33(42)22-18-31)46-26-28-11-7-4-8-12-28/h3-24H,25-26H2,1-2H3/t39-,40+. The lowest BCUT2D eigenvalue weighted by Gasteiger charge is -2.48. The summed E-state index contributed by atoms with van der Waals surface area (Å²) in [6.07, 6.45) is 0. The summed E-state index contributed by atoms with van der Waals surface area (Å²) in [5, 5.41) is 3.18. The third-order valence-electron chi connectivity index (χ3n) is 8.85. The number of halogens is 2. The molecule has 6 aromatic carbocycles. The molecule has 230 valence electrons. The Morgan fingerprint density at radius 1 is 0.478 bits per heavy atom. The smallest absolute Gasteiger partial charge is 0.160 e. The summed E-state index contributed by atoms with van der Waals surface area (Å²) in [5.74, 6) is 1.34. The molecule has 6 aromatic rings. The number of rotatable bonds is 10. The van der Waals surface area contributed by atoms with Gasteiger partial charge in [0.25, 0.3) is 0 Å². The molecule has 0 saturated carbocycles. The highest BCUT2D eigenvalue weighted by Crippen LogP contribution is 2.66. The molecule has 1 aliphatic rings. The first-order valence-electron chi connectivity index (χ1n) is 15.1. The lowest BCUT2D eigenvalue weighted by molar-refractivity contribution is -0.188. The molecule has 0 radical (unpaired) electrons. The van der Waals surface area contributed by atoms with Crippen molar-refractivity contribution in [2.24, 2.45) is 0 Å². The Morgan fingerprint density at radius 2 is 0.870 bits per heavy atom. The molecule has 6 heteroatoms. The zero-order chi connectivity index (χ0) is 31.7. The summed E-state index contributed by atoms with van der Waals surface area (Å²) < 4.78 is 27.3. The summed E-state index contributed by atoms with van der Waals surface area (Å²) >= 11 is 13.1. The van der Waals surface area contributed by atoms with Crippen molar-refractivity contribution in [2.75, 3.05) is 14.2 Å². The highest BCUT2D eigenvalue weighted by atomic mass is 35.5. The van der Waals surface area contributed by atoms with Crippen LogP contribution >= 0.6 is 23.2 Å². The minimum absolute atomic E-state index is 0.281. The molecule has 0 unspecified atom stereocenters. The van der Waals surface area contributed by atoms with E-state index in [1.165, 1.54) is 0 Å². The van der Waals surface area contributed by atoms with Gasteiger partial charge in [-0.05, 0) is 64.0 Å². The summed E-state index contributed by atoms with van der Waals surface area (Å²) in [4.78, 5) is 0. The first kappa shape index (κ1) is 30.3. The molecule has 0 spiro atoms. The van der Waals surface area contributed by atoms with Crippen LogP contribution in [0, 0.1) is 0 Å². The van der Waals surface area contributed by atoms with E-state index in [9.17, 15) is 0 Å². The lowest BCUT2D eigenvalue weighted by atomic mass is 9.70. The highest BCUT2D eigenvalue weighted by Gasteiger charge is 2.66. The zero-order valence-electron chi connectivity index (χ0n) is 25.5. The quantitative estimate of drug-likeness (QED) is 0.148. The maximum atomic E-state index is 7.47. The van der Waals surface area contributed by atoms with Gasteiger partial charge in [-0.1, -0.05) is 120 Å². The predicted molar refractivity (Wildman–Crippen MR) is 184 cm³/mol. The highest BCUT2D eigenvalue weighted by molar-refractivity contribution is 6.30. The Labute approximate surface area is 279 Å². The summed E-state index contributed by atoms with van der Waals surface area (Å²) in [6, 6.07) is 44.0. The van der Waals surface area contributed by atoms with Crippen molar-refractivity contribution in [3.8, 4) is 11.5 Å². The minimum atomic E-state index is -1.29. The molecule has 0 aliphatic heterocycles. The van der Waals surface area contributed by atoms with Gasteiger partial charge in [-0.3, -0.25) is 0 Å². The van der Waals surface area contributed by atoms with Crippen molar-refractivity contribution in [1.29, 1.82) is 0 Å². The molecule has 0 aromatic heterocycles. The molecule has 0 heterocycles. The van der Waals surface area contributed by atoms with Crippen molar-refractivity contribution in [2.45, 2.75) is 24.4 Å². The van der Waals surface area contributed by atoms with Crippen LogP contribution in [0.2, 0.25) is 10.0 Å². The number of benzene rings is 6. The maximum Gasteiger partial charge on any atom is 0.160 e. The first-order chi connectivity index (χ1) is 22.5. The van der Waals surface area contributed by atoms with Crippen LogP contribution in [0.3, 0.4) is 0 Å². The van der Waals surface area contributed by atoms with Crippen LogP contribution < -0.4 is 9.47 Å². The third-order valence-corrected chi connectivity index (χ3v) is 9.35. The molecule has 7 rings (SSSR count). The molecule has 0 amide bonds. The SMILES string of the molecule is COc1ccc2ccc(OC)c3c2c1[C@](OCc1ccccc1)(c1ccc(Cl)cc1)[C@]3(OCc1ccccc1)c1ccc(Cl)cc1. The van der Waals surface area contributed by atoms with Gasteiger partial charge in [0, 0.05) is 26.6 Å². The average molecular weight is 648 g/mol. The largest absolute Gasteiger partial charge is 0.496 e. The molecule has 2 atom stereocenters. The van der Waals surface area contributed by atoms with Gasteiger partial charge in [0.15, 0.2) is 11.2 Å². The average Bonchev–Trinajstić information content (AvgIpc) is 3.37. The van der Waals surface area contributed by atoms with Crippen LogP contribution in [0.4, 0.5) is 0 Å². The summed E-state index contributed by atoms with van der Waals surface area (Å²) in [5.41, 5.74) is 2.83. The van der Waals surface area contributed by atoms with E-state index in [1.54, 1.807) is 14.2 Å². The van der Waals surface area contributed by atoms with E-state index < -0.39 is 11.2 Å². The van der Waals surface area contributed by atoms with Gasteiger partial charge in [0.1, 0.15) is 11.5 Å². The lowest BCUT2D eigenvalue weighted by Crippen LogP contribution is -2.51. The number of ether oxygens (including phenoxy) is 4. The van der Waals surface area contributed by atoms with Crippen molar-refractivity contribution in [1.82, 2.24) is 0 Å².